The molecule has 0 radical (unpaired) electrons. The maximum atomic E-state index is 11.6. The molecule has 3 aromatic rings. The molecular formula is C16H17N5O2. The van der Waals surface area contributed by atoms with E-state index in [1.807, 2.05) is 40.7 Å². The fourth-order valence-corrected chi connectivity index (χ4v) is 2.24. The van der Waals surface area contributed by atoms with E-state index in [2.05, 4.69) is 15.2 Å². The molecule has 3 aromatic heterocycles. The number of esters is 1. The van der Waals surface area contributed by atoms with E-state index in [0.29, 0.717) is 18.7 Å². The molecule has 7 nitrogen and oxygen atoms in total. The average Bonchev–Trinajstić information content (AvgIpc) is 2.98. The molecule has 0 spiro atoms. The number of fused-ring (bicyclic) bond motifs is 1. The summed E-state index contributed by atoms with van der Waals surface area (Å²) in [4.78, 5) is 17.9. The van der Waals surface area contributed by atoms with E-state index >= 15 is 0 Å². The number of carbonyl (C=O) groups excluding carboxylic acids is 1. The predicted molar refractivity (Wildman–Crippen MR) is 85.3 cm³/mol. The van der Waals surface area contributed by atoms with Crippen molar-refractivity contribution in [2.75, 3.05) is 18.6 Å². The number of nitrogens with zero attached hydrogens (tertiary/aromatic N) is 5. The summed E-state index contributed by atoms with van der Waals surface area (Å²) in [7, 11) is 1.91. The van der Waals surface area contributed by atoms with E-state index in [-0.39, 0.29) is 5.97 Å². The Morgan fingerprint density at radius 3 is 2.87 bits per heavy atom. The number of rotatable bonds is 5. The molecule has 0 atom stereocenters. The Morgan fingerprint density at radius 1 is 1.26 bits per heavy atom. The third-order valence-corrected chi connectivity index (χ3v) is 3.41. The van der Waals surface area contributed by atoms with Crippen molar-refractivity contribution < 1.29 is 9.53 Å². The van der Waals surface area contributed by atoms with Crippen molar-refractivity contribution in [3.63, 3.8) is 0 Å². The molecule has 3 rings (SSSR count). The van der Waals surface area contributed by atoms with Crippen molar-refractivity contribution in [2.24, 2.45) is 0 Å². The summed E-state index contributed by atoms with van der Waals surface area (Å²) in [5, 5.41) is 8.33. The quantitative estimate of drug-likeness (QED) is 0.671. The van der Waals surface area contributed by atoms with Gasteiger partial charge in [-0.15, -0.1) is 10.2 Å². The third kappa shape index (κ3) is 3.13. The Kier molecular flexibility index (Phi) is 4.18. The molecule has 0 N–H and O–H groups in total. The molecule has 7 heteroatoms. The Labute approximate surface area is 133 Å². The molecule has 3 heterocycles. The van der Waals surface area contributed by atoms with Crippen LogP contribution in [-0.2, 0) is 11.3 Å². The van der Waals surface area contributed by atoms with Crippen LogP contribution in [0.2, 0.25) is 0 Å². The van der Waals surface area contributed by atoms with Crippen molar-refractivity contribution in [1.82, 2.24) is 19.6 Å². The number of ether oxygens (including phenoxy) is 1. The highest BCUT2D eigenvalue weighted by Crippen LogP contribution is 2.13. The minimum atomic E-state index is -0.363. The highest BCUT2D eigenvalue weighted by molar-refractivity contribution is 5.89. The molecule has 0 saturated heterocycles. The average molecular weight is 311 g/mol. The van der Waals surface area contributed by atoms with Crippen LogP contribution in [0.3, 0.4) is 0 Å². The van der Waals surface area contributed by atoms with E-state index in [9.17, 15) is 4.79 Å². The summed E-state index contributed by atoms with van der Waals surface area (Å²) >= 11 is 0. The fourth-order valence-electron chi connectivity index (χ4n) is 2.24. The van der Waals surface area contributed by atoms with Gasteiger partial charge in [-0.1, -0.05) is 6.07 Å². The summed E-state index contributed by atoms with van der Waals surface area (Å²) in [6, 6.07) is 9.26. The third-order valence-electron chi connectivity index (χ3n) is 3.41. The molecule has 0 aliphatic carbocycles. The number of carbonyl (C=O) groups is 1. The Balaban J connectivity index is 1.75. The second-order valence-corrected chi connectivity index (χ2v) is 5.03. The van der Waals surface area contributed by atoms with Gasteiger partial charge in [0.05, 0.1) is 18.7 Å². The van der Waals surface area contributed by atoms with Crippen LogP contribution >= 0.6 is 0 Å². The fraction of sp³-hybridized carbons (Fsp3) is 0.250. The Morgan fingerprint density at radius 2 is 2.13 bits per heavy atom. The van der Waals surface area contributed by atoms with Gasteiger partial charge < -0.3 is 9.64 Å². The Bertz CT molecular complexity index is 813. The van der Waals surface area contributed by atoms with Crippen LogP contribution in [0.5, 0.6) is 0 Å². The molecule has 0 unspecified atom stereocenters. The normalized spacial score (nSPS) is 10.7. The molecule has 0 bridgehead atoms. The van der Waals surface area contributed by atoms with Gasteiger partial charge in [0.25, 0.3) is 0 Å². The zero-order chi connectivity index (χ0) is 16.2. The van der Waals surface area contributed by atoms with Gasteiger partial charge in [-0.3, -0.25) is 4.40 Å². The van der Waals surface area contributed by atoms with Crippen LogP contribution in [0.25, 0.3) is 5.65 Å². The molecule has 23 heavy (non-hydrogen) atoms. The van der Waals surface area contributed by atoms with Gasteiger partial charge in [-0.25, -0.2) is 9.78 Å². The first-order valence-electron chi connectivity index (χ1n) is 7.32. The van der Waals surface area contributed by atoms with Gasteiger partial charge in [0, 0.05) is 19.4 Å². The maximum Gasteiger partial charge on any atom is 0.339 e. The summed E-state index contributed by atoms with van der Waals surface area (Å²) in [5.74, 6) is 1.20. The van der Waals surface area contributed by atoms with Crippen LogP contribution < -0.4 is 4.90 Å². The van der Waals surface area contributed by atoms with Crippen molar-refractivity contribution >= 4 is 17.4 Å². The lowest BCUT2D eigenvalue weighted by Gasteiger charge is -2.17. The van der Waals surface area contributed by atoms with E-state index in [0.717, 1.165) is 17.3 Å². The highest BCUT2D eigenvalue weighted by atomic mass is 16.5. The smallest absolute Gasteiger partial charge is 0.339 e. The maximum absolute atomic E-state index is 11.6. The SMILES string of the molecule is CCOC(=O)c1ccc(N(C)Cc2nnc3ccccn23)nc1. The second-order valence-electron chi connectivity index (χ2n) is 5.03. The van der Waals surface area contributed by atoms with E-state index in [1.165, 1.54) is 6.20 Å². The standard InChI is InChI=1S/C16H17N5O2/c1-3-23-16(22)12-7-8-13(17-10-12)20(2)11-15-19-18-14-6-4-5-9-21(14)15/h4-10H,3,11H2,1-2H3. The monoisotopic (exact) mass is 311 g/mol. The number of aromatic nitrogens is 4. The molecule has 118 valence electrons. The molecule has 0 aliphatic heterocycles. The zero-order valence-electron chi connectivity index (χ0n) is 13.0. The van der Waals surface area contributed by atoms with Crippen LogP contribution in [0, 0.1) is 0 Å². The van der Waals surface area contributed by atoms with Gasteiger partial charge in [0.2, 0.25) is 0 Å². The van der Waals surface area contributed by atoms with Crippen LogP contribution in [0.15, 0.2) is 42.7 Å². The molecule has 0 fully saturated rings. The predicted octanol–water partition coefficient (Wildman–Crippen LogP) is 1.94. The van der Waals surface area contributed by atoms with Crippen LogP contribution in [-0.4, -0.2) is 39.2 Å². The number of hydrogen-bond acceptors (Lipinski definition) is 6. The largest absolute Gasteiger partial charge is 0.462 e. The van der Waals surface area contributed by atoms with E-state index in [1.54, 1.807) is 19.1 Å². The highest BCUT2D eigenvalue weighted by Gasteiger charge is 2.11. The van der Waals surface area contributed by atoms with Crippen molar-refractivity contribution in [3.05, 3.63) is 54.1 Å². The summed E-state index contributed by atoms with van der Waals surface area (Å²) in [5.41, 5.74) is 1.25. The van der Waals surface area contributed by atoms with Crippen molar-refractivity contribution in [3.8, 4) is 0 Å². The van der Waals surface area contributed by atoms with Gasteiger partial charge in [0.15, 0.2) is 11.5 Å². The van der Waals surface area contributed by atoms with Crippen LogP contribution in [0.4, 0.5) is 5.82 Å². The number of hydrogen-bond donors (Lipinski definition) is 0. The molecule has 0 aromatic carbocycles. The Hall–Kier alpha value is -2.96. The van der Waals surface area contributed by atoms with Gasteiger partial charge in [-0.05, 0) is 31.2 Å². The summed E-state index contributed by atoms with van der Waals surface area (Å²) < 4.78 is 6.88. The van der Waals surface area contributed by atoms with Gasteiger partial charge >= 0.3 is 5.97 Å². The minimum Gasteiger partial charge on any atom is -0.462 e. The minimum absolute atomic E-state index is 0.348. The van der Waals surface area contributed by atoms with E-state index in [4.69, 9.17) is 4.74 Å². The lowest BCUT2D eigenvalue weighted by molar-refractivity contribution is 0.0526. The topological polar surface area (TPSA) is 72.6 Å². The number of anilines is 1. The molecule has 0 amide bonds. The summed E-state index contributed by atoms with van der Waals surface area (Å²) in [6.07, 6.45) is 3.45. The first-order valence-corrected chi connectivity index (χ1v) is 7.32. The van der Waals surface area contributed by atoms with Gasteiger partial charge in [-0.2, -0.15) is 0 Å². The zero-order valence-corrected chi connectivity index (χ0v) is 13.0. The van der Waals surface area contributed by atoms with E-state index < -0.39 is 0 Å². The first-order chi connectivity index (χ1) is 11.2. The number of pyridine rings is 2. The molecule has 0 aliphatic rings. The lowest BCUT2D eigenvalue weighted by atomic mass is 10.3. The lowest BCUT2D eigenvalue weighted by Crippen LogP contribution is -2.19. The van der Waals surface area contributed by atoms with Gasteiger partial charge in [0.1, 0.15) is 5.82 Å². The van der Waals surface area contributed by atoms with Crippen LogP contribution in [0.1, 0.15) is 23.1 Å². The second kappa shape index (κ2) is 6.43. The molecular weight excluding hydrogens is 294 g/mol. The summed E-state index contributed by atoms with van der Waals surface area (Å²) in [6.45, 7) is 2.67. The van der Waals surface area contributed by atoms with Crippen molar-refractivity contribution in [2.45, 2.75) is 13.5 Å². The molecule has 0 saturated carbocycles. The first kappa shape index (κ1) is 15.0. The van der Waals surface area contributed by atoms with Crippen molar-refractivity contribution in [1.29, 1.82) is 0 Å².